The zero-order chi connectivity index (χ0) is 17.3. The lowest BCUT2D eigenvalue weighted by atomic mass is 9.65. The second-order valence-corrected chi connectivity index (χ2v) is 8.98. The average Bonchev–Trinajstić information content (AvgIpc) is 2.21. The highest BCUT2D eigenvalue weighted by Crippen LogP contribution is 2.37. The van der Waals surface area contributed by atoms with Gasteiger partial charge in [0.25, 0.3) is 0 Å². The zero-order valence-corrected chi connectivity index (χ0v) is 15.5. The highest BCUT2D eigenvalue weighted by Gasteiger charge is 2.46. The van der Waals surface area contributed by atoms with E-state index in [0.717, 1.165) is 0 Å². The second-order valence-electron chi connectivity index (χ2n) is 8.98. The smallest absolute Gasteiger partial charge is 0.234 e. The van der Waals surface area contributed by atoms with Crippen LogP contribution in [-0.2, 0) is 9.59 Å². The van der Waals surface area contributed by atoms with Gasteiger partial charge in [0.2, 0.25) is 5.91 Å². The van der Waals surface area contributed by atoms with Crippen LogP contribution in [0, 0.1) is 10.8 Å². The van der Waals surface area contributed by atoms with Crippen LogP contribution >= 0.6 is 0 Å². The van der Waals surface area contributed by atoms with E-state index in [9.17, 15) is 9.59 Å². The Kier molecular flexibility index (Phi) is 5.81. The Morgan fingerprint density at radius 1 is 0.810 bits per heavy atom. The third kappa shape index (κ3) is 5.77. The van der Waals surface area contributed by atoms with Crippen molar-refractivity contribution in [1.82, 2.24) is 10.6 Å². The highest BCUT2D eigenvalue weighted by atomic mass is 16.2. The first-order valence-electron chi connectivity index (χ1n) is 7.62. The molecule has 0 saturated carbocycles. The summed E-state index contributed by atoms with van der Waals surface area (Å²) in [6, 6.07) is 0. The molecule has 4 nitrogen and oxygen atoms in total. The minimum atomic E-state index is -0.576. The van der Waals surface area contributed by atoms with Crippen molar-refractivity contribution in [3.8, 4) is 0 Å². The predicted molar refractivity (Wildman–Crippen MR) is 88.2 cm³/mol. The van der Waals surface area contributed by atoms with Crippen LogP contribution in [0.3, 0.4) is 0 Å². The van der Waals surface area contributed by atoms with Gasteiger partial charge in [0.05, 0.1) is 6.54 Å². The van der Waals surface area contributed by atoms with Crippen molar-refractivity contribution in [1.29, 1.82) is 0 Å². The van der Waals surface area contributed by atoms with Crippen molar-refractivity contribution in [2.75, 3.05) is 6.54 Å². The molecule has 0 rings (SSSR count). The molecule has 0 aliphatic carbocycles. The molecule has 0 saturated heterocycles. The predicted octanol–water partition coefficient (Wildman–Crippen LogP) is 2.91. The van der Waals surface area contributed by atoms with Crippen molar-refractivity contribution in [2.45, 2.75) is 80.3 Å². The van der Waals surface area contributed by atoms with E-state index in [0.29, 0.717) is 0 Å². The minimum absolute atomic E-state index is 0.0606. The van der Waals surface area contributed by atoms with E-state index in [1.807, 2.05) is 69.2 Å². The molecule has 0 radical (unpaired) electrons. The number of hydrogen-bond donors (Lipinski definition) is 2. The lowest BCUT2D eigenvalue weighted by Gasteiger charge is -2.44. The van der Waals surface area contributed by atoms with Crippen LogP contribution in [0.4, 0.5) is 0 Å². The maximum absolute atomic E-state index is 12.7. The fourth-order valence-corrected chi connectivity index (χ4v) is 2.21. The van der Waals surface area contributed by atoms with Gasteiger partial charge in [-0.2, -0.15) is 0 Å². The van der Waals surface area contributed by atoms with Gasteiger partial charge in [-0.1, -0.05) is 34.6 Å². The van der Waals surface area contributed by atoms with Crippen LogP contribution in [0.25, 0.3) is 0 Å². The summed E-state index contributed by atoms with van der Waals surface area (Å²) in [5, 5.41) is 6.16. The topological polar surface area (TPSA) is 58.2 Å². The Morgan fingerprint density at radius 3 is 1.57 bits per heavy atom. The molecule has 2 N–H and O–H groups in total. The molecule has 0 bridgehead atoms. The zero-order valence-electron chi connectivity index (χ0n) is 15.5. The van der Waals surface area contributed by atoms with Gasteiger partial charge in [0, 0.05) is 21.9 Å². The van der Waals surface area contributed by atoms with Crippen molar-refractivity contribution in [3.05, 3.63) is 0 Å². The van der Waals surface area contributed by atoms with Crippen LogP contribution < -0.4 is 10.6 Å². The second kappa shape index (κ2) is 6.07. The first-order valence-corrected chi connectivity index (χ1v) is 7.62. The van der Waals surface area contributed by atoms with Gasteiger partial charge in [0.1, 0.15) is 5.78 Å². The van der Waals surface area contributed by atoms with E-state index in [4.69, 9.17) is 0 Å². The molecule has 0 fully saturated rings. The molecule has 0 aliphatic heterocycles. The maximum atomic E-state index is 12.7. The Balaban J connectivity index is 4.90. The summed E-state index contributed by atoms with van der Waals surface area (Å²) in [7, 11) is 0. The molecule has 0 aromatic carbocycles. The summed E-state index contributed by atoms with van der Waals surface area (Å²) in [4.78, 5) is 24.6. The van der Waals surface area contributed by atoms with E-state index in [-0.39, 0.29) is 23.8 Å². The highest BCUT2D eigenvalue weighted by molar-refractivity contribution is 5.90. The van der Waals surface area contributed by atoms with Crippen molar-refractivity contribution >= 4 is 11.7 Å². The molecule has 21 heavy (non-hydrogen) atoms. The van der Waals surface area contributed by atoms with Gasteiger partial charge in [0.15, 0.2) is 0 Å². The van der Waals surface area contributed by atoms with Crippen molar-refractivity contribution < 1.29 is 9.59 Å². The summed E-state index contributed by atoms with van der Waals surface area (Å²) in [6.07, 6.45) is 0. The van der Waals surface area contributed by atoms with Gasteiger partial charge in [-0.25, -0.2) is 0 Å². The van der Waals surface area contributed by atoms with Crippen molar-refractivity contribution in [3.63, 3.8) is 0 Å². The van der Waals surface area contributed by atoms with Gasteiger partial charge in [-0.15, -0.1) is 0 Å². The third-order valence-electron chi connectivity index (χ3n) is 4.02. The van der Waals surface area contributed by atoms with Gasteiger partial charge >= 0.3 is 0 Å². The quantitative estimate of drug-likeness (QED) is 0.820. The van der Waals surface area contributed by atoms with E-state index in [1.54, 1.807) is 0 Å². The van der Waals surface area contributed by atoms with Crippen molar-refractivity contribution in [2.24, 2.45) is 10.8 Å². The van der Waals surface area contributed by atoms with Crippen LogP contribution in [0.5, 0.6) is 0 Å². The Hall–Kier alpha value is -0.900. The molecule has 0 aromatic rings. The number of rotatable bonds is 5. The molecule has 0 aromatic heterocycles. The third-order valence-corrected chi connectivity index (χ3v) is 4.02. The molecule has 0 heterocycles. The van der Waals surface area contributed by atoms with Gasteiger partial charge in [-0.05, 0) is 34.6 Å². The summed E-state index contributed by atoms with van der Waals surface area (Å²) in [5.74, 6) is 0.123. The Bertz CT molecular complexity index is 396. The van der Waals surface area contributed by atoms with Gasteiger partial charge < -0.3 is 10.6 Å². The number of amides is 1. The number of nitrogens with one attached hydrogen (secondary N) is 2. The molecular formula is C17H34N2O2. The van der Waals surface area contributed by atoms with E-state index in [1.165, 1.54) is 0 Å². The monoisotopic (exact) mass is 298 g/mol. The van der Waals surface area contributed by atoms with Crippen LogP contribution in [0.15, 0.2) is 0 Å². The molecule has 0 spiro atoms. The number of carbonyl (C=O) groups is 2. The SMILES string of the molecule is CC(C)(C)NC(=O)CNC(C)(C)C(C)(C)C(=O)C(C)(C)C. The Labute approximate surface area is 130 Å². The molecular weight excluding hydrogens is 264 g/mol. The van der Waals surface area contributed by atoms with E-state index >= 15 is 0 Å². The van der Waals surface area contributed by atoms with Crippen LogP contribution in [0.1, 0.15) is 69.2 Å². The summed E-state index contributed by atoms with van der Waals surface area (Å²) in [5.41, 5.74) is -1.71. The summed E-state index contributed by atoms with van der Waals surface area (Å²) < 4.78 is 0. The standard InChI is InChI=1S/C17H34N2O2/c1-14(2,3)13(21)16(7,8)17(9,10)18-11-12(20)19-15(4,5)6/h18H,11H2,1-10H3,(H,19,20). The number of Topliss-reactive ketones (excluding diaryl/α,β-unsaturated/α-hetero) is 1. The lowest BCUT2D eigenvalue weighted by molar-refractivity contribution is -0.139. The van der Waals surface area contributed by atoms with Crippen LogP contribution in [-0.4, -0.2) is 29.3 Å². The fourth-order valence-electron chi connectivity index (χ4n) is 2.21. The molecule has 4 heteroatoms. The molecule has 0 unspecified atom stereocenters. The fraction of sp³-hybridized carbons (Fsp3) is 0.882. The van der Waals surface area contributed by atoms with E-state index in [2.05, 4.69) is 10.6 Å². The first kappa shape index (κ1) is 20.1. The van der Waals surface area contributed by atoms with Crippen LogP contribution in [0.2, 0.25) is 0 Å². The largest absolute Gasteiger partial charge is 0.350 e. The summed E-state index contributed by atoms with van der Waals surface area (Å²) >= 11 is 0. The molecule has 124 valence electrons. The van der Waals surface area contributed by atoms with Gasteiger partial charge in [-0.3, -0.25) is 9.59 Å². The number of carbonyl (C=O) groups excluding carboxylic acids is 2. The Morgan fingerprint density at radius 2 is 1.24 bits per heavy atom. The van der Waals surface area contributed by atoms with E-state index < -0.39 is 16.4 Å². The first-order chi connectivity index (χ1) is 9.01. The lowest BCUT2D eigenvalue weighted by Crippen LogP contribution is -2.59. The maximum Gasteiger partial charge on any atom is 0.234 e. The number of hydrogen-bond acceptors (Lipinski definition) is 3. The molecule has 0 atom stereocenters. The molecule has 0 aliphatic rings. The molecule has 1 amide bonds. The normalized spacial score (nSPS) is 14.0. The number of ketones is 1. The average molecular weight is 298 g/mol. The summed E-state index contributed by atoms with van der Waals surface area (Å²) in [6.45, 7) is 19.7. The minimum Gasteiger partial charge on any atom is -0.350 e.